The summed E-state index contributed by atoms with van der Waals surface area (Å²) in [6.07, 6.45) is 1.33. The maximum absolute atomic E-state index is 11.3. The van der Waals surface area contributed by atoms with Gasteiger partial charge in [-0.1, -0.05) is 32.5 Å². The van der Waals surface area contributed by atoms with E-state index in [4.69, 9.17) is 4.74 Å². The van der Waals surface area contributed by atoms with Gasteiger partial charge < -0.3 is 4.74 Å². The second-order valence-electron chi connectivity index (χ2n) is 3.88. The second-order valence-corrected chi connectivity index (χ2v) is 5.71. The molecule has 0 aliphatic heterocycles. The van der Waals surface area contributed by atoms with Crippen LogP contribution < -0.4 is 0 Å². The van der Waals surface area contributed by atoms with Crippen LogP contribution in [-0.2, 0) is 14.3 Å². The summed E-state index contributed by atoms with van der Waals surface area (Å²) in [5.74, 6) is -0.0773. The summed E-state index contributed by atoms with van der Waals surface area (Å²) in [4.78, 5) is 21.9. The van der Waals surface area contributed by atoms with E-state index in [0.717, 1.165) is 0 Å². The molecule has 0 N–H and O–H groups in total. The summed E-state index contributed by atoms with van der Waals surface area (Å²) >= 11 is 1.21. The average Bonchev–Trinajstić information content (AvgIpc) is 1.77. The number of allylic oxidation sites excluding steroid dienone is 1. The van der Waals surface area contributed by atoms with Crippen LogP contribution in [0.15, 0.2) is 11.8 Å². The lowest BCUT2D eigenvalue weighted by Crippen LogP contribution is -2.11. The molecule has 0 heterocycles. The van der Waals surface area contributed by atoms with Crippen LogP contribution in [0.1, 0.15) is 34.6 Å². The first-order valence-corrected chi connectivity index (χ1v) is 5.12. The average molecular weight is 216 g/mol. The SMILES string of the molecule is CC(=O)O/C(C)=C/C(=O)SC(C)(C)C. The van der Waals surface area contributed by atoms with Crippen molar-refractivity contribution in [2.45, 2.75) is 39.4 Å². The number of esters is 1. The molecule has 0 spiro atoms. The summed E-state index contributed by atoms with van der Waals surface area (Å²) in [6, 6.07) is 0. The zero-order chi connectivity index (χ0) is 11.4. The van der Waals surface area contributed by atoms with Gasteiger partial charge in [-0.05, 0) is 6.92 Å². The molecule has 80 valence electrons. The smallest absolute Gasteiger partial charge is 0.307 e. The normalized spacial score (nSPS) is 12.5. The first-order chi connectivity index (χ1) is 6.20. The molecule has 0 aliphatic carbocycles. The molecule has 0 radical (unpaired) electrons. The molecule has 0 aliphatic rings. The van der Waals surface area contributed by atoms with Crippen molar-refractivity contribution in [2.24, 2.45) is 0 Å². The lowest BCUT2D eigenvalue weighted by Gasteiger charge is -2.14. The van der Waals surface area contributed by atoms with E-state index in [0.29, 0.717) is 5.76 Å². The number of hydrogen-bond donors (Lipinski definition) is 0. The first kappa shape index (κ1) is 13.2. The van der Waals surface area contributed by atoms with Gasteiger partial charge in [-0.2, -0.15) is 0 Å². The number of carbonyl (C=O) groups is 2. The highest BCUT2D eigenvalue weighted by Gasteiger charge is 2.15. The highest BCUT2D eigenvalue weighted by molar-refractivity contribution is 8.15. The Morgan fingerprint density at radius 1 is 1.21 bits per heavy atom. The molecule has 0 aromatic rings. The molecule has 3 nitrogen and oxygen atoms in total. The monoisotopic (exact) mass is 216 g/mol. The van der Waals surface area contributed by atoms with Gasteiger partial charge >= 0.3 is 5.97 Å². The minimum absolute atomic E-state index is 0.101. The van der Waals surface area contributed by atoms with E-state index in [1.54, 1.807) is 6.92 Å². The molecule has 0 atom stereocenters. The van der Waals surface area contributed by atoms with Gasteiger partial charge in [0.1, 0.15) is 5.76 Å². The molecule has 0 amide bonds. The van der Waals surface area contributed by atoms with Gasteiger partial charge in [0.05, 0.1) is 0 Å². The third-order valence-corrected chi connectivity index (χ3v) is 1.96. The lowest BCUT2D eigenvalue weighted by atomic mass is 10.3. The number of rotatable bonds is 2. The maximum atomic E-state index is 11.3. The van der Waals surface area contributed by atoms with Crippen molar-refractivity contribution in [3.63, 3.8) is 0 Å². The van der Waals surface area contributed by atoms with Crippen molar-refractivity contribution in [1.82, 2.24) is 0 Å². The van der Waals surface area contributed by atoms with Gasteiger partial charge in [0.25, 0.3) is 0 Å². The molecule has 4 heteroatoms. The lowest BCUT2D eigenvalue weighted by molar-refractivity contribution is -0.136. The van der Waals surface area contributed by atoms with Crippen molar-refractivity contribution < 1.29 is 14.3 Å². The molecule has 14 heavy (non-hydrogen) atoms. The Labute approximate surface area is 88.9 Å². The molecule has 0 aromatic heterocycles. The van der Waals surface area contributed by atoms with Crippen molar-refractivity contribution in [3.8, 4) is 0 Å². The Kier molecular flexibility index (Phi) is 4.91. The van der Waals surface area contributed by atoms with Crippen molar-refractivity contribution in [2.75, 3.05) is 0 Å². The number of hydrogen-bond acceptors (Lipinski definition) is 4. The van der Waals surface area contributed by atoms with Gasteiger partial charge in [0.15, 0.2) is 0 Å². The summed E-state index contributed by atoms with van der Waals surface area (Å²) in [7, 11) is 0. The predicted molar refractivity (Wildman–Crippen MR) is 57.9 cm³/mol. The Morgan fingerprint density at radius 2 is 1.71 bits per heavy atom. The zero-order valence-electron chi connectivity index (χ0n) is 9.21. The number of thioether (sulfide) groups is 1. The Hall–Kier alpha value is -0.770. The molecule has 0 saturated heterocycles. The van der Waals surface area contributed by atoms with E-state index in [-0.39, 0.29) is 9.86 Å². The zero-order valence-corrected chi connectivity index (χ0v) is 10.0. The highest BCUT2D eigenvalue weighted by atomic mass is 32.2. The largest absolute Gasteiger partial charge is 0.431 e. The maximum Gasteiger partial charge on any atom is 0.307 e. The van der Waals surface area contributed by atoms with E-state index in [1.807, 2.05) is 20.8 Å². The van der Waals surface area contributed by atoms with Crippen molar-refractivity contribution in [1.29, 1.82) is 0 Å². The Morgan fingerprint density at radius 3 is 2.07 bits per heavy atom. The van der Waals surface area contributed by atoms with Gasteiger partial charge in [0, 0.05) is 17.7 Å². The predicted octanol–water partition coefficient (Wildman–Crippen LogP) is 2.51. The third kappa shape index (κ3) is 7.86. The van der Waals surface area contributed by atoms with Gasteiger partial charge in [-0.15, -0.1) is 0 Å². The fourth-order valence-corrected chi connectivity index (χ4v) is 1.58. The molecule has 0 fully saturated rings. The molecule has 0 bridgehead atoms. The minimum Gasteiger partial charge on any atom is -0.431 e. The van der Waals surface area contributed by atoms with Gasteiger partial charge in [-0.3, -0.25) is 9.59 Å². The second kappa shape index (κ2) is 5.20. The van der Waals surface area contributed by atoms with Crippen LogP contribution >= 0.6 is 11.8 Å². The molecule has 0 aromatic carbocycles. The Bertz CT molecular complexity index is 261. The number of ether oxygens (including phenoxy) is 1. The Balaban J connectivity index is 4.23. The third-order valence-electron chi connectivity index (χ3n) is 1.03. The van der Waals surface area contributed by atoms with Gasteiger partial charge in [-0.25, -0.2) is 0 Å². The molecular weight excluding hydrogens is 200 g/mol. The van der Waals surface area contributed by atoms with Crippen LogP contribution in [0.2, 0.25) is 0 Å². The van der Waals surface area contributed by atoms with Crippen LogP contribution in [0.5, 0.6) is 0 Å². The van der Waals surface area contributed by atoms with Crippen LogP contribution in [0.3, 0.4) is 0 Å². The van der Waals surface area contributed by atoms with Crippen molar-refractivity contribution in [3.05, 3.63) is 11.8 Å². The molecular formula is C10H16O3S. The fourth-order valence-electron chi connectivity index (χ4n) is 0.753. The van der Waals surface area contributed by atoms with E-state index in [2.05, 4.69) is 0 Å². The van der Waals surface area contributed by atoms with Gasteiger partial charge in [0.2, 0.25) is 5.12 Å². The topological polar surface area (TPSA) is 43.4 Å². The quantitative estimate of drug-likeness (QED) is 0.404. The van der Waals surface area contributed by atoms with Crippen LogP contribution in [0.25, 0.3) is 0 Å². The molecule has 0 rings (SSSR count). The van der Waals surface area contributed by atoms with Crippen LogP contribution in [-0.4, -0.2) is 15.8 Å². The molecule has 0 unspecified atom stereocenters. The van der Waals surface area contributed by atoms with E-state index in [9.17, 15) is 9.59 Å². The summed E-state index contributed by atoms with van der Waals surface area (Å²) in [6.45, 7) is 8.74. The van der Waals surface area contributed by atoms with Crippen molar-refractivity contribution >= 4 is 22.8 Å². The number of carbonyl (C=O) groups excluding carboxylic acids is 2. The summed E-state index contributed by atoms with van der Waals surface area (Å²) in [5.41, 5.74) is 0. The summed E-state index contributed by atoms with van der Waals surface area (Å²) in [5, 5.41) is -0.101. The van der Waals surface area contributed by atoms with Crippen LogP contribution in [0, 0.1) is 0 Å². The van der Waals surface area contributed by atoms with Crippen LogP contribution in [0.4, 0.5) is 0 Å². The minimum atomic E-state index is -0.410. The summed E-state index contributed by atoms with van der Waals surface area (Å²) < 4.78 is 4.60. The standard InChI is InChI=1S/C10H16O3S/c1-7(13-8(2)11)6-9(12)14-10(3,4)5/h6H,1-5H3/b7-6+. The molecule has 0 saturated carbocycles. The first-order valence-electron chi connectivity index (χ1n) is 4.30. The van der Waals surface area contributed by atoms with E-state index >= 15 is 0 Å². The fraction of sp³-hybridized carbons (Fsp3) is 0.600. The van der Waals surface area contributed by atoms with E-state index < -0.39 is 5.97 Å². The highest BCUT2D eigenvalue weighted by Crippen LogP contribution is 2.24. The van der Waals surface area contributed by atoms with E-state index in [1.165, 1.54) is 24.8 Å².